The van der Waals surface area contributed by atoms with Crippen LogP contribution in [0.1, 0.15) is 40.5 Å². The lowest BCUT2D eigenvalue weighted by Crippen LogP contribution is -2.45. The van der Waals surface area contributed by atoms with Gasteiger partial charge >= 0.3 is 6.09 Å². The fourth-order valence-corrected chi connectivity index (χ4v) is 2.84. The van der Waals surface area contributed by atoms with E-state index in [1.807, 2.05) is 25.7 Å². The van der Waals surface area contributed by atoms with E-state index in [1.165, 1.54) is 6.42 Å². The maximum Gasteiger partial charge on any atom is 0.410 e. The van der Waals surface area contributed by atoms with Gasteiger partial charge in [0.2, 0.25) is 0 Å². The Labute approximate surface area is 113 Å². The van der Waals surface area contributed by atoms with Crippen molar-refractivity contribution in [2.24, 2.45) is 11.8 Å². The van der Waals surface area contributed by atoms with E-state index in [1.54, 1.807) is 0 Å². The Morgan fingerprint density at radius 1 is 1.47 bits per heavy atom. The molecule has 1 heterocycles. The molecule has 0 aliphatic carbocycles. The number of alkyl halides is 1. The third kappa shape index (κ3) is 4.86. The first kappa shape index (κ1) is 14.8. The highest BCUT2D eigenvalue weighted by molar-refractivity contribution is 9.09. The number of piperidine rings is 1. The summed E-state index contributed by atoms with van der Waals surface area (Å²) in [6.07, 6.45) is 2.12. The quantitative estimate of drug-likeness (QED) is 0.729. The number of rotatable bonds is 2. The summed E-state index contributed by atoms with van der Waals surface area (Å²) in [5, 5.41) is 1.05. The number of hydrogen-bond acceptors (Lipinski definition) is 2. The molecule has 0 aromatic heterocycles. The molecule has 100 valence electrons. The van der Waals surface area contributed by atoms with Crippen molar-refractivity contribution >= 4 is 22.0 Å². The summed E-state index contributed by atoms with van der Waals surface area (Å²) in [4.78, 5) is 13.8. The van der Waals surface area contributed by atoms with Gasteiger partial charge in [0.1, 0.15) is 5.60 Å². The standard InChI is InChI=1S/C13H24BrNO2/c1-10-9-15(8-6-11(10)5-7-14)12(16)17-13(2,3)4/h10-11H,5-9H2,1-4H3. The van der Waals surface area contributed by atoms with Crippen molar-refractivity contribution < 1.29 is 9.53 Å². The highest BCUT2D eigenvalue weighted by Crippen LogP contribution is 2.27. The molecule has 1 aliphatic heterocycles. The summed E-state index contributed by atoms with van der Waals surface area (Å²) in [6.45, 7) is 9.61. The van der Waals surface area contributed by atoms with E-state index < -0.39 is 5.60 Å². The molecule has 2 unspecified atom stereocenters. The predicted molar refractivity (Wildman–Crippen MR) is 73.5 cm³/mol. The lowest BCUT2D eigenvalue weighted by molar-refractivity contribution is 0.0115. The van der Waals surface area contributed by atoms with Gasteiger partial charge in [-0.15, -0.1) is 0 Å². The van der Waals surface area contributed by atoms with Crippen LogP contribution in [0.4, 0.5) is 4.79 Å². The van der Waals surface area contributed by atoms with Crippen LogP contribution in [-0.2, 0) is 4.74 Å². The van der Waals surface area contributed by atoms with Crippen molar-refractivity contribution in [2.75, 3.05) is 18.4 Å². The Morgan fingerprint density at radius 3 is 2.59 bits per heavy atom. The zero-order chi connectivity index (χ0) is 13.1. The third-order valence-electron chi connectivity index (χ3n) is 3.21. The molecule has 1 fully saturated rings. The molecule has 4 heteroatoms. The number of nitrogens with zero attached hydrogens (tertiary/aromatic N) is 1. The van der Waals surface area contributed by atoms with Gasteiger partial charge in [-0.3, -0.25) is 0 Å². The van der Waals surface area contributed by atoms with Crippen LogP contribution in [0.3, 0.4) is 0 Å². The molecule has 1 saturated heterocycles. The van der Waals surface area contributed by atoms with Gasteiger partial charge in [-0.1, -0.05) is 22.9 Å². The van der Waals surface area contributed by atoms with E-state index in [-0.39, 0.29) is 6.09 Å². The minimum Gasteiger partial charge on any atom is -0.444 e. The van der Waals surface area contributed by atoms with Crippen LogP contribution in [0.15, 0.2) is 0 Å². The lowest BCUT2D eigenvalue weighted by atomic mass is 9.85. The van der Waals surface area contributed by atoms with E-state index in [0.29, 0.717) is 5.92 Å². The van der Waals surface area contributed by atoms with Crippen LogP contribution in [0.25, 0.3) is 0 Å². The molecule has 0 spiro atoms. The number of halogens is 1. The van der Waals surface area contributed by atoms with Crippen LogP contribution in [0, 0.1) is 11.8 Å². The molecule has 0 bridgehead atoms. The van der Waals surface area contributed by atoms with Crippen LogP contribution in [0.5, 0.6) is 0 Å². The smallest absolute Gasteiger partial charge is 0.410 e. The Bertz CT molecular complexity index is 263. The van der Waals surface area contributed by atoms with Gasteiger partial charge in [0.15, 0.2) is 0 Å². The van der Waals surface area contributed by atoms with Crippen LogP contribution >= 0.6 is 15.9 Å². The number of likely N-dealkylation sites (tertiary alicyclic amines) is 1. The Kier molecular flexibility index (Phi) is 5.29. The van der Waals surface area contributed by atoms with Gasteiger partial charge in [0, 0.05) is 18.4 Å². The summed E-state index contributed by atoms with van der Waals surface area (Å²) >= 11 is 3.49. The summed E-state index contributed by atoms with van der Waals surface area (Å²) in [5.41, 5.74) is -0.396. The molecular weight excluding hydrogens is 282 g/mol. The number of carbonyl (C=O) groups is 1. The van der Waals surface area contributed by atoms with Crippen molar-refractivity contribution in [1.82, 2.24) is 4.90 Å². The van der Waals surface area contributed by atoms with Gasteiger partial charge in [-0.25, -0.2) is 4.79 Å². The van der Waals surface area contributed by atoms with Gasteiger partial charge in [0.25, 0.3) is 0 Å². The molecule has 1 amide bonds. The molecule has 0 aromatic carbocycles. The number of hydrogen-bond donors (Lipinski definition) is 0. The molecule has 0 radical (unpaired) electrons. The zero-order valence-corrected chi connectivity index (χ0v) is 12.9. The molecule has 0 N–H and O–H groups in total. The molecule has 1 aliphatic rings. The first-order chi connectivity index (χ1) is 7.83. The summed E-state index contributed by atoms with van der Waals surface area (Å²) in [7, 11) is 0. The predicted octanol–water partition coefficient (Wildman–Crippen LogP) is 3.66. The van der Waals surface area contributed by atoms with E-state index in [2.05, 4.69) is 22.9 Å². The van der Waals surface area contributed by atoms with Crippen molar-refractivity contribution in [3.8, 4) is 0 Å². The Hall–Kier alpha value is -0.250. The van der Waals surface area contributed by atoms with Crippen LogP contribution in [-0.4, -0.2) is 35.0 Å². The SMILES string of the molecule is CC1CN(C(=O)OC(C)(C)C)CCC1CCBr. The van der Waals surface area contributed by atoms with Crippen LogP contribution < -0.4 is 0 Å². The van der Waals surface area contributed by atoms with E-state index in [9.17, 15) is 4.79 Å². The second-order valence-corrected chi connectivity index (χ2v) is 6.72. The average Bonchev–Trinajstić information content (AvgIpc) is 2.18. The first-order valence-electron chi connectivity index (χ1n) is 6.37. The maximum atomic E-state index is 11.9. The molecule has 17 heavy (non-hydrogen) atoms. The number of carbonyl (C=O) groups excluding carboxylic acids is 1. The van der Waals surface area contributed by atoms with Crippen LogP contribution in [0.2, 0.25) is 0 Å². The van der Waals surface area contributed by atoms with Gasteiger partial charge in [0.05, 0.1) is 0 Å². The van der Waals surface area contributed by atoms with Gasteiger partial charge in [-0.2, -0.15) is 0 Å². The molecule has 3 nitrogen and oxygen atoms in total. The van der Waals surface area contributed by atoms with Gasteiger partial charge in [-0.05, 0) is 45.4 Å². The zero-order valence-electron chi connectivity index (χ0n) is 11.3. The van der Waals surface area contributed by atoms with E-state index in [0.717, 1.165) is 30.8 Å². The summed E-state index contributed by atoms with van der Waals surface area (Å²) in [6, 6.07) is 0. The van der Waals surface area contributed by atoms with Crippen molar-refractivity contribution in [1.29, 1.82) is 0 Å². The molecule has 1 rings (SSSR count). The molecule has 0 aromatic rings. The lowest BCUT2D eigenvalue weighted by Gasteiger charge is -2.37. The Morgan fingerprint density at radius 2 is 2.12 bits per heavy atom. The fourth-order valence-electron chi connectivity index (χ4n) is 2.26. The Balaban J connectivity index is 2.46. The van der Waals surface area contributed by atoms with Gasteiger partial charge < -0.3 is 9.64 Å². The second-order valence-electron chi connectivity index (χ2n) is 5.93. The monoisotopic (exact) mass is 305 g/mol. The first-order valence-corrected chi connectivity index (χ1v) is 7.49. The van der Waals surface area contributed by atoms with Crippen molar-refractivity contribution in [3.63, 3.8) is 0 Å². The molecule has 2 atom stereocenters. The highest BCUT2D eigenvalue weighted by atomic mass is 79.9. The number of amides is 1. The summed E-state index contributed by atoms with van der Waals surface area (Å²) < 4.78 is 5.40. The number of ether oxygens (including phenoxy) is 1. The minimum atomic E-state index is -0.396. The van der Waals surface area contributed by atoms with E-state index >= 15 is 0 Å². The van der Waals surface area contributed by atoms with Crippen molar-refractivity contribution in [3.05, 3.63) is 0 Å². The largest absolute Gasteiger partial charge is 0.444 e. The molecular formula is C13H24BrNO2. The molecule has 0 saturated carbocycles. The maximum absolute atomic E-state index is 11.9. The van der Waals surface area contributed by atoms with Crippen molar-refractivity contribution in [2.45, 2.75) is 46.1 Å². The fraction of sp³-hybridized carbons (Fsp3) is 0.923. The minimum absolute atomic E-state index is 0.165. The highest BCUT2D eigenvalue weighted by Gasteiger charge is 2.30. The van der Waals surface area contributed by atoms with E-state index in [4.69, 9.17) is 4.74 Å². The third-order valence-corrected chi connectivity index (χ3v) is 3.67. The average molecular weight is 306 g/mol. The normalized spacial score (nSPS) is 25.8. The topological polar surface area (TPSA) is 29.5 Å². The second kappa shape index (κ2) is 6.07. The summed E-state index contributed by atoms with van der Waals surface area (Å²) in [5.74, 6) is 1.29.